The van der Waals surface area contributed by atoms with Gasteiger partial charge in [-0.3, -0.25) is 9.48 Å². The van der Waals surface area contributed by atoms with Gasteiger partial charge in [0.25, 0.3) is 0 Å². The number of nitrogens with two attached hydrogens (primary N) is 1. The number of aryl methyl sites for hydroxylation is 1. The van der Waals surface area contributed by atoms with Crippen LogP contribution in [0.4, 0.5) is 5.82 Å². The molecule has 0 aliphatic heterocycles. The Bertz CT molecular complexity index is 414. The van der Waals surface area contributed by atoms with Crippen molar-refractivity contribution in [2.75, 3.05) is 5.32 Å². The minimum Gasteiger partial charge on any atom is -0.317 e. The molecule has 0 saturated heterocycles. The molecule has 1 aromatic heterocycles. The molecule has 1 aliphatic carbocycles. The standard InChI is InChI=1S/C12H20N4O/c1-9-4-3-6-12(13,8-9)11(17)15-10-5-7-14-16(10)2/h5,7,9H,3-4,6,8,13H2,1-2H3,(H,15,17). The highest BCUT2D eigenvalue weighted by Gasteiger charge is 2.38. The quantitative estimate of drug-likeness (QED) is 0.812. The summed E-state index contributed by atoms with van der Waals surface area (Å²) in [6.45, 7) is 2.15. The molecule has 1 fully saturated rings. The predicted molar refractivity (Wildman–Crippen MR) is 66.4 cm³/mol. The van der Waals surface area contributed by atoms with Crippen LogP contribution in [0.2, 0.25) is 0 Å². The number of aromatic nitrogens is 2. The van der Waals surface area contributed by atoms with Crippen LogP contribution in [0.1, 0.15) is 32.6 Å². The lowest BCUT2D eigenvalue weighted by molar-refractivity contribution is -0.122. The number of carbonyl (C=O) groups is 1. The predicted octanol–water partition coefficient (Wildman–Crippen LogP) is 1.27. The molecule has 1 saturated carbocycles. The molecule has 2 atom stereocenters. The number of carbonyl (C=O) groups excluding carboxylic acids is 1. The Morgan fingerprint density at radius 2 is 2.47 bits per heavy atom. The van der Waals surface area contributed by atoms with Crippen LogP contribution < -0.4 is 11.1 Å². The summed E-state index contributed by atoms with van der Waals surface area (Å²) in [6, 6.07) is 1.77. The molecular weight excluding hydrogens is 216 g/mol. The van der Waals surface area contributed by atoms with Gasteiger partial charge in [0.2, 0.25) is 5.91 Å². The van der Waals surface area contributed by atoms with Gasteiger partial charge in [-0.25, -0.2) is 0 Å². The first-order chi connectivity index (χ1) is 8.01. The highest BCUT2D eigenvalue weighted by Crippen LogP contribution is 2.31. The maximum absolute atomic E-state index is 12.2. The minimum absolute atomic E-state index is 0.0901. The average Bonchev–Trinajstić information content (AvgIpc) is 2.64. The molecule has 1 amide bonds. The van der Waals surface area contributed by atoms with Crippen molar-refractivity contribution < 1.29 is 4.79 Å². The number of nitrogens with one attached hydrogen (secondary N) is 1. The second-order valence-electron chi connectivity index (χ2n) is 5.15. The summed E-state index contributed by atoms with van der Waals surface area (Å²) >= 11 is 0. The van der Waals surface area contributed by atoms with E-state index in [0.29, 0.717) is 11.7 Å². The van der Waals surface area contributed by atoms with Gasteiger partial charge in [-0.05, 0) is 18.8 Å². The van der Waals surface area contributed by atoms with Crippen molar-refractivity contribution in [3.63, 3.8) is 0 Å². The van der Waals surface area contributed by atoms with E-state index in [-0.39, 0.29) is 5.91 Å². The second-order valence-corrected chi connectivity index (χ2v) is 5.15. The summed E-state index contributed by atoms with van der Waals surface area (Å²) in [4.78, 5) is 12.2. The molecule has 2 rings (SSSR count). The van der Waals surface area contributed by atoms with Crippen molar-refractivity contribution in [3.8, 4) is 0 Å². The third-order valence-corrected chi connectivity index (χ3v) is 3.55. The monoisotopic (exact) mass is 236 g/mol. The summed E-state index contributed by atoms with van der Waals surface area (Å²) < 4.78 is 1.63. The summed E-state index contributed by atoms with van der Waals surface area (Å²) in [6.07, 6.45) is 5.37. The van der Waals surface area contributed by atoms with Gasteiger partial charge < -0.3 is 11.1 Å². The van der Waals surface area contributed by atoms with Gasteiger partial charge in [-0.1, -0.05) is 19.8 Å². The normalized spacial score (nSPS) is 29.0. The molecule has 17 heavy (non-hydrogen) atoms. The van der Waals surface area contributed by atoms with Gasteiger partial charge in [0.15, 0.2) is 0 Å². The van der Waals surface area contributed by atoms with Gasteiger partial charge in [0, 0.05) is 13.1 Å². The number of hydrogen-bond donors (Lipinski definition) is 2. The van der Waals surface area contributed by atoms with Crippen LogP contribution in [0, 0.1) is 5.92 Å². The molecule has 1 aliphatic rings. The zero-order valence-corrected chi connectivity index (χ0v) is 10.4. The number of nitrogens with zero attached hydrogens (tertiary/aromatic N) is 2. The van der Waals surface area contributed by atoms with E-state index in [0.717, 1.165) is 25.7 Å². The molecule has 0 aromatic carbocycles. The van der Waals surface area contributed by atoms with Gasteiger partial charge in [-0.15, -0.1) is 0 Å². The van der Waals surface area contributed by atoms with E-state index in [9.17, 15) is 4.79 Å². The van der Waals surface area contributed by atoms with E-state index in [4.69, 9.17) is 5.73 Å². The Balaban J connectivity index is 2.07. The van der Waals surface area contributed by atoms with Gasteiger partial charge in [0.1, 0.15) is 5.82 Å². The number of amides is 1. The zero-order chi connectivity index (χ0) is 12.5. The average molecular weight is 236 g/mol. The van der Waals surface area contributed by atoms with Crippen molar-refractivity contribution in [3.05, 3.63) is 12.3 Å². The fourth-order valence-electron chi connectivity index (χ4n) is 2.54. The van der Waals surface area contributed by atoms with E-state index in [1.807, 2.05) is 0 Å². The van der Waals surface area contributed by atoms with Crippen LogP contribution in [-0.2, 0) is 11.8 Å². The second kappa shape index (κ2) is 4.49. The first kappa shape index (κ1) is 12.1. The fourth-order valence-corrected chi connectivity index (χ4v) is 2.54. The molecule has 2 unspecified atom stereocenters. The molecule has 0 spiro atoms. The number of anilines is 1. The summed E-state index contributed by atoms with van der Waals surface area (Å²) in [5.41, 5.74) is 5.50. The van der Waals surface area contributed by atoms with E-state index in [2.05, 4.69) is 17.3 Å². The minimum atomic E-state index is -0.720. The first-order valence-electron chi connectivity index (χ1n) is 6.09. The van der Waals surface area contributed by atoms with Gasteiger partial charge in [-0.2, -0.15) is 5.10 Å². The van der Waals surface area contributed by atoms with Crippen molar-refractivity contribution in [1.29, 1.82) is 0 Å². The Hall–Kier alpha value is -1.36. The van der Waals surface area contributed by atoms with Crippen LogP contribution in [0.15, 0.2) is 12.3 Å². The number of hydrogen-bond acceptors (Lipinski definition) is 3. The molecule has 1 heterocycles. The maximum Gasteiger partial charge on any atom is 0.245 e. The van der Waals surface area contributed by atoms with Crippen LogP contribution in [0.5, 0.6) is 0 Å². The lowest BCUT2D eigenvalue weighted by Gasteiger charge is -2.35. The Labute approximate surface area is 101 Å². The summed E-state index contributed by atoms with van der Waals surface area (Å²) in [5.74, 6) is 1.12. The third-order valence-electron chi connectivity index (χ3n) is 3.55. The molecule has 94 valence electrons. The fraction of sp³-hybridized carbons (Fsp3) is 0.667. The lowest BCUT2D eigenvalue weighted by Crippen LogP contribution is -2.53. The van der Waals surface area contributed by atoms with Crippen LogP contribution in [-0.4, -0.2) is 21.2 Å². The third kappa shape index (κ3) is 2.49. The topological polar surface area (TPSA) is 72.9 Å². The molecule has 3 N–H and O–H groups in total. The van der Waals surface area contributed by atoms with Crippen LogP contribution >= 0.6 is 0 Å². The highest BCUT2D eigenvalue weighted by atomic mass is 16.2. The molecule has 0 bridgehead atoms. The van der Waals surface area contributed by atoms with Gasteiger partial charge >= 0.3 is 0 Å². The Morgan fingerprint density at radius 3 is 3.06 bits per heavy atom. The van der Waals surface area contributed by atoms with Crippen LogP contribution in [0.3, 0.4) is 0 Å². The summed E-state index contributed by atoms with van der Waals surface area (Å²) in [7, 11) is 1.79. The Kier molecular flexibility index (Phi) is 3.19. The van der Waals surface area contributed by atoms with E-state index < -0.39 is 5.54 Å². The van der Waals surface area contributed by atoms with Crippen molar-refractivity contribution in [2.45, 2.75) is 38.1 Å². The number of rotatable bonds is 2. The largest absolute Gasteiger partial charge is 0.317 e. The highest BCUT2D eigenvalue weighted by molar-refractivity contribution is 5.97. The van der Waals surface area contributed by atoms with E-state index in [1.54, 1.807) is 24.0 Å². The Morgan fingerprint density at radius 1 is 1.71 bits per heavy atom. The van der Waals surface area contributed by atoms with Crippen molar-refractivity contribution in [1.82, 2.24) is 9.78 Å². The van der Waals surface area contributed by atoms with Crippen molar-refractivity contribution in [2.24, 2.45) is 18.7 Å². The molecule has 1 aromatic rings. The van der Waals surface area contributed by atoms with E-state index >= 15 is 0 Å². The lowest BCUT2D eigenvalue weighted by atomic mass is 9.76. The smallest absolute Gasteiger partial charge is 0.245 e. The molecule has 0 radical (unpaired) electrons. The van der Waals surface area contributed by atoms with Gasteiger partial charge in [0.05, 0.1) is 11.7 Å². The first-order valence-corrected chi connectivity index (χ1v) is 6.09. The maximum atomic E-state index is 12.2. The summed E-state index contributed by atoms with van der Waals surface area (Å²) in [5, 5.41) is 6.87. The zero-order valence-electron chi connectivity index (χ0n) is 10.4. The van der Waals surface area contributed by atoms with E-state index in [1.165, 1.54) is 0 Å². The molecule has 5 heteroatoms. The molecule has 5 nitrogen and oxygen atoms in total. The SMILES string of the molecule is CC1CCCC(N)(C(=O)Nc2ccnn2C)C1. The molecular formula is C12H20N4O. The van der Waals surface area contributed by atoms with Crippen LogP contribution in [0.25, 0.3) is 0 Å². The van der Waals surface area contributed by atoms with Crippen molar-refractivity contribution >= 4 is 11.7 Å².